The van der Waals surface area contributed by atoms with E-state index < -0.39 is 12.3 Å². The van der Waals surface area contributed by atoms with Gasteiger partial charge in [-0.1, -0.05) is 116 Å². The highest BCUT2D eigenvalue weighted by Crippen LogP contribution is 2.14. The zero-order chi connectivity index (χ0) is 17.9. The van der Waals surface area contributed by atoms with Crippen LogP contribution in [0.3, 0.4) is 0 Å². The standard InChI is InChI=1S/C21H45NO2.ClH/c1-2-3-4-5-6-7-8-9-10-11-12-13-14-15-16-17-18-19-20(22)21(23)24;/h20-21,23-24H,2-19,22H2,1H3;1H. The second-order valence-corrected chi connectivity index (χ2v) is 7.52. The lowest BCUT2D eigenvalue weighted by molar-refractivity contribution is -0.0599. The lowest BCUT2D eigenvalue weighted by atomic mass is 10.0. The monoisotopic (exact) mass is 379 g/mol. The van der Waals surface area contributed by atoms with Gasteiger partial charge in [0.25, 0.3) is 0 Å². The van der Waals surface area contributed by atoms with Crippen molar-refractivity contribution in [1.29, 1.82) is 0 Å². The Balaban J connectivity index is 0. The maximum atomic E-state index is 8.89. The second-order valence-electron chi connectivity index (χ2n) is 7.52. The minimum absolute atomic E-state index is 0. The molecule has 0 aliphatic carbocycles. The Labute approximate surface area is 163 Å². The summed E-state index contributed by atoms with van der Waals surface area (Å²) >= 11 is 0. The van der Waals surface area contributed by atoms with Crippen molar-refractivity contribution >= 4 is 12.4 Å². The van der Waals surface area contributed by atoms with Crippen molar-refractivity contribution < 1.29 is 10.2 Å². The molecule has 1 atom stereocenters. The number of aliphatic hydroxyl groups is 2. The lowest BCUT2D eigenvalue weighted by Crippen LogP contribution is -2.34. The van der Waals surface area contributed by atoms with Crippen LogP contribution in [0, 0.1) is 0 Å². The molecular formula is C21H46ClNO2. The molecule has 0 aromatic rings. The summed E-state index contributed by atoms with van der Waals surface area (Å²) in [7, 11) is 0. The van der Waals surface area contributed by atoms with E-state index in [0.29, 0.717) is 0 Å². The van der Waals surface area contributed by atoms with Gasteiger partial charge in [-0.25, -0.2) is 0 Å². The Morgan fingerprint density at radius 2 is 0.840 bits per heavy atom. The summed E-state index contributed by atoms with van der Waals surface area (Å²) in [5, 5.41) is 17.8. The van der Waals surface area contributed by atoms with Gasteiger partial charge in [0.1, 0.15) is 0 Å². The normalized spacial score (nSPS) is 12.4. The summed E-state index contributed by atoms with van der Waals surface area (Å²) in [5.74, 6) is 0. The molecule has 0 radical (unpaired) electrons. The molecule has 0 aliphatic heterocycles. The third kappa shape index (κ3) is 22.1. The fourth-order valence-electron chi connectivity index (χ4n) is 3.25. The maximum Gasteiger partial charge on any atom is 0.166 e. The van der Waals surface area contributed by atoms with Crippen LogP contribution >= 0.6 is 12.4 Å². The number of halogens is 1. The van der Waals surface area contributed by atoms with Crippen LogP contribution in [0.15, 0.2) is 0 Å². The molecule has 0 saturated carbocycles. The second kappa shape index (κ2) is 22.2. The lowest BCUT2D eigenvalue weighted by Gasteiger charge is -2.12. The van der Waals surface area contributed by atoms with Gasteiger partial charge in [0.05, 0.1) is 6.04 Å². The minimum atomic E-state index is -1.36. The Kier molecular flexibility index (Phi) is 24.3. The number of rotatable bonds is 19. The van der Waals surface area contributed by atoms with E-state index in [2.05, 4.69) is 6.92 Å². The van der Waals surface area contributed by atoms with Crippen LogP contribution in [0.25, 0.3) is 0 Å². The van der Waals surface area contributed by atoms with Crippen LogP contribution in [0.4, 0.5) is 0 Å². The van der Waals surface area contributed by atoms with E-state index in [1.165, 1.54) is 103 Å². The van der Waals surface area contributed by atoms with Crippen molar-refractivity contribution in [3.05, 3.63) is 0 Å². The third-order valence-corrected chi connectivity index (χ3v) is 5.02. The molecule has 3 nitrogen and oxygen atoms in total. The van der Waals surface area contributed by atoms with Gasteiger partial charge in [0.2, 0.25) is 0 Å². The number of unbranched alkanes of at least 4 members (excludes halogenated alkanes) is 16. The molecule has 25 heavy (non-hydrogen) atoms. The Morgan fingerprint density at radius 1 is 0.560 bits per heavy atom. The number of aliphatic hydroxyl groups excluding tert-OH is 1. The van der Waals surface area contributed by atoms with E-state index in [0.717, 1.165) is 12.8 Å². The van der Waals surface area contributed by atoms with Crippen molar-refractivity contribution in [2.75, 3.05) is 0 Å². The Hall–Kier alpha value is 0.170. The molecule has 1 unspecified atom stereocenters. The quantitative estimate of drug-likeness (QED) is 0.188. The molecule has 0 aromatic heterocycles. The first-order valence-corrected chi connectivity index (χ1v) is 10.8. The van der Waals surface area contributed by atoms with Crippen LogP contribution in [0.1, 0.15) is 122 Å². The molecule has 0 bridgehead atoms. The van der Waals surface area contributed by atoms with Gasteiger partial charge in [-0.3, -0.25) is 0 Å². The average molecular weight is 380 g/mol. The van der Waals surface area contributed by atoms with Crippen molar-refractivity contribution in [2.24, 2.45) is 5.73 Å². The first-order chi connectivity index (χ1) is 11.7. The predicted molar refractivity (Wildman–Crippen MR) is 112 cm³/mol. The summed E-state index contributed by atoms with van der Waals surface area (Å²) in [6.07, 6.45) is 22.5. The first-order valence-electron chi connectivity index (χ1n) is 10.8. The average Bonchev–Trinajstić information content (AvgIpc) is 2.57. The van der Waals surface area contributed by atoms with Gasteiger partial charge >= 0.3 is 0 Å². The highest BCUT2D eigenvalue weighted by Gasteiger charge is 2.09. The maximum absolute atomic E-state index is 8.89. The van der Waals surface area contributed by atoms with E-state index in [4.69, 9.17) is 15.9 Å². The zero-order valence-corrected chi connectivity index (χ0v) is 17.6. The largest absolute Gasteiger partial charge is 0.367 e. The molecule has 0 rings (SSSR count). The highest BCUT2D eigenvalue weighted by molar-refractivity contribution is 5.85. The van der Waals surface area contributed by atoms with Crippen LogP contribution in [-0.4, -0.2) is 22.5 Å². The first kappa shape index (κ1) is 27.4. The molecule has 0 heterocycles. The van der Waals surface area contributed by atoms with Gasteiger partial charge in [-0.2, -0.15) is 0 Å². The van der Waals surface area contributed by atoms with Gasteiger partial charge in [-0.05, 0) is 6.42 Å². The summed E-state index contributed by atoms with van der Waals surface area (Å²) in [4.78, 5) is 0. The minimum Gasteiger partial charge on any atom is -0.367 e. The van der Waals surface area contributed by atoms with Crippen molar-refractivity contribution in [2.45, 2.75) is 135 Å². The molecule has 4 heteroatoms. The van der Waals surface area contributed by atoms with E-state index in [-0.39, 0.29) is 12.4 Å². The zero-order valence-electron chi connectivity index (χ0n) is 16.8. The smallest absolute Gasteiger partial charge is 0.166 e. The van der Waals surface area contributed by atoms with Crippen molar-refractivity contribution in [1.82, 2.24) is 0 Å². The van der Waals surface area contributed by atoms with Crippen LogP contribution in [0.2, 0.25) is 0 Å². The molecular weight excluding hydrogens is 334 g/mol. The topological polar surface area (TPSA) is 66.5 Å². The molecule has 0 aliphatic rings. The van der Waals surface area contributed by atoms with Gasteiger partial charge in [0, 0.05) is 0 Å². The van der Waals surface area contributed by atoms with Gasteiger partial charge < -0.3 is 15.9 Å². The van der Waals surface area contributed by atoms with Crippen molar-refractivity contribution in [3.63, 3.8) is 0 Å². The van der Waals surface area contributed by atoms with Crippen molar-refractivity contribution in [3.8, 4) is 0 Å². The molecule has 0 fully saturated rings. The van der Waals surface area contributed by atoms with E-state index >= 15 is 0 Å². The van der Waals surface area contributed by atoms with Crippen LogP contribution < -0.4 is 5.73 Å². The number of nitrogens with two attached hydrogens (primary N) is 1. The summed E-state index contributed by atoms with van der Waals surface area (Å²) in [5.41, 5.74) is 5.58. The Bertz CT molecular complexity index is 240. The van der Waals surface area contributed by atoms with E-state index in [1.54, 1.807) is 0 Å². The molecule has 0 saturated heterocycles. The predicted octanol–water partition coefficient (Wildman–Crippen LogP) is 6.09. The van der Waals surface area contributed by atoms with Gasteiger partial charge in [0.15, 0.2) is 6.29 Å². The Morgan fingerprint density at radius 3 is 1.12 bits per heavy atom. The fourth-order valence-corrected chi connectivity index (χ4v) is 3.25. The molecule has 4 N–H and O–H groups in total. The van der Waals surface area contributed by atoms with E-state index in [9.17, 15) is 0 Å². The molecule has 154 valence electrons. The van der Waals surface area contributed by atoms with E-state index in [1.807, 2.05) is 0 Å². The summed E-state index contributed by atoms with van der Waals surface area (Å²) < 4.78 is 0. The summed E-state index contributed by atoms with van der Waals surface area (Å²) in [6.45, 7) is 2.28. The van der Waals surface area contributed by atoms with Gasteiger partial charge in [-0.15, -0.1) is 12.4 Å². The number of hydrogen-bond acceptors (Lipinski definition) is 3. The third-order valence-electron chi connectivity index (χ3n) is 5.02. The SMILES string of the molecule is CCCCCCCCCCCCCCCCCCCC(N)C(O)O.Cl. The molecule has 0 aromatic carbocycles. The molecule has 0 amide bonds. The summed E-state index contributed by atoms with van der Waals surface area (Å²) in [6, 6.07) is -0.471. The highest BCUT2D eigenvalue weighted by atomic mass is 35.5. The van der Waals surface area contributed by atoms with Crippen LogP contribution in [-0.2, 0) is 0 Å². The van der Waals surface area contributed by atoms with Crippen LogP contribution in [0.5, 0.6) is 0 Å². The fraction of sp³-hybridized carbons (Fsp3) is 1.00. The molecule has 0 spiro atoms. The number of hydrogen-bond donors (Lipinski definition) is 3.